The standard InChI is InChI=1S/C6H10F3NO/c7-6(8,9)4-1-5(11)3-10-2-4/h4-5,10-11H,1-3H2/i1D2,2D2,3D2,4D,5D. The van der Waals surface area contributed by atoms with Crippen LogP contribution in [0.3, 0.4) is 0 Å². The van der Waals surface area contributed by atoms with Crippen LogP contribution in [-0.4, -0.2) is 30.4 Å². The fourth-order valence-electron chi connectivity index (χ4n) is 0.476. The highest BCUT2D eigenvalue weighted by atomic mass is 19.4. The Morgan fingerprint density at radius 3 is 2.73 bits per heavy atom. The normalized spacial score (nSPS) is 71.6. The lowest BCUT2D eigenvalue weighted by Crippen LogP contribution is -2.45. The molecule has 1 rings (SSSR count). The van der Waals surface area contributed by atoms with E-state index in [0.29, 0.717) is 0 Å². The van der Waals surface area contributed by atoms with Crippen LogP contribution in [0, 0.1) is 5.89 Å². The van der Waals surface area contributed by atoms with Crippen LogP contribution in [0.25, 0.3) is 0 Å². The number of piperidine rings is 1. The number of hydrogen-bond acceptors (Lipinski definition) is 2. The van der Waals surface area contributed by atoms with Crippen molar-refractivity contribution in [2.45, 2.75) is 18.6 Å². The Bertz CT molecular complexity index is 396. The first-order valence-electron chi connectivity index (χ1n) is 6.54. The first-order chi connectivity index (χ1) is 7.96. The fraction of sp³-hybridized carbons (Fsp3) is 1.00. The lowest BCUT2D eigenvalue weighted by Gasteiger charge is -2.28. The van der Waals surface area contributed by atoms with Gasteiger partial charge in [0.2, 0.25) is 0 Å². The van der Waals surface area contributed by atoms with Crippen LogP contribution in [0.4, 0.5) is 13.2 Å². The Hall–Kier alpha value is -0.290. The molecular weight excluding hydrogens is 159 g/mol. The molecule has 11 heavy (non-hydrogen) atoms. The summed E-state index contributed by atoms with van der Waals surface area (Å²) in [5, 5.41) is 10.5. The highest BCUT2D eigenvalue weighted by Crippen LogP contribution is 2.30. The smallest absolute Gasteiger partial charge is 0.392 e. The molecule has 0 aromatic heterocycles. The minimum atomic E-state index is -5.79. The largest absolute Gasteiger partial charge is 0.393 e. The third-order valence-corrected chi connectivity index (χ3v) is 0.895. The number of β-amino-alcohol motifs (C(OH)–C–C–N with tert-alkyl or cyclic N) is 1. The molecule has 0 spiro atoms. The Balaban J connectivity index is 3.65. The third-order valence-electron chi connectivity index (χ3n) is 0.895. The number of aliphatic hydroxyl groups is 1. The van der Waals surface area contributed by atoms with Crippen molar-refractivity contribution in [1.82, 2.24) is 5.32 Å². The summed E-state index contributed by atoms with van der Waals surface area (Å²) in [7, 11) is 0. The van der Waals surface area contributed by atoms with Gasteiger partial charge >= 0.3 is 6.18 Å². The van der Waals surface area contributed by atoms with E-state index in [1.54, 1.807) is 0 Å². The van der Waals surface area contributed by atoms with Gasteiger partial charge in [-0.15, -0.1) is 0 Å². The predicted octanol–water partition coefficient (Wildman–Crippen LogP) is 0.519. The summed E-state index contributed by atoms with van der Waals surface area (Å²) in [5.74, 6) is -4.57. The molecule has 66 valence electrons. The van der Waals surface area contributed by atoms with E-state index in [-0.39, 0.29) is 0 Å². The Labute approximate surface area is 73.6 Å². The van der Waals surface area contributed by atoms with Crippen LogP contribution in [-0.2, 0) is 0 Å². The summed E-state index contributed by atoms with van der Waals surface area (Å²) in [4.78, 5) is 0. The topological polar surface area (TPSA) is 32.3 Å². The molecule has 0 bridgehead atoms. The molecule has 5 heteroatoms. The summed E-state index contributed by atoms with van der Waals surface area (Å²) in [6.07, 6.45) is -14.1. The van der Waals surface area contributed by atoms with E-state index >= 15 is 0 Å². The number of rotatable bonds is 0. The maximum Gasteiger partial charge on any atom is 0.393 e. The fourth-order valence-corrected chi connectivity index (χ4v) is 0.476. The minimum absolute atomic E-state index is 1.06. The number of nitrogens with one attached hydrogen (secondary N) is 1. The van der Waals surface area contributed by atoms with Gasteiger partial charge in [-0.2, -0.15) is 13.2 Å². The van der Waals surface area contributed by atoms with Gasteiger partial charge in [0, 0.05) is 22.6 Å². The predicted molar refractivity (Wildman–Crippen MR) is 33.0 cm³/mol. The van der Waals surface area contributed by atoms with E-state index in [1.165, 1.54) is 0 Å². The van der Waals surface area contributed by atoms with E-state index < -0.39 is 37.5 Å². The average molecular weight is 177 g/mol. The van der Waals surface area contributed by atoms with E-state index in [1.807, 2.05) is 0 Å². The monoisotopic (exact) mass is 177 g/mol. The van der Waals surface area contributed by atoms with E-state index in [4.69, 9.17) is 11.0 Å². The maximum atomic E-state index is 12.9. The molecule has 2 atom stereocenters. The maximum absolute atomic E-state index is 12.9. The average Bonchev–Trinajstić information content (AvgIpc) is 2.10. The molecule has 1 aliphatic heterocycles. The molecule has 0 radical (unpaired) electrons. The van der Waals surface area contributed by atoms with Crippen LogP contribution in [0.5, 0.6) is 0 Å². The van der Waals surface area contributed by atoms with Crippen molar-refractivity contribution >= 4 is 0 Å². The van der Waals surface area contributed by atoms with Gasteiger partial charge in [-0.05, 0) is 6.37 Å². The molecule has 0 aromatic carbocycles. The van der Waals surface area contributed by atoms with Gasteiger partial charge < -0.3 is 10.4 Å². The number of halogens is 3. The Morgan fingerprint density at radius 1 is 1.55 bits per heavy atom. The first-order valence-corrected chi connectivity index (χ1v) is 2.54. The van der Waals surface area contributed by atoms with Crippen molar-refractivity contribution in [2.24, 2.45) is 5.89 Å². The first kappa shape index (κ1) is 2.88. The van der Waals surface area contributed by atoms with E-state index in [0.717, 1.165) is 5.32 Å². The molecule has 2 nitrogen and oxygen atoms in total. The number of alkyl halides is 3. The van der Waals surface area contributed by atoms with Crippen molar-refractivity contribution < 1.29 is 29.2 Å². The highest BCUT2D eigenvalue weighted by molar-refractivity contribution is 4.79. The summed E-state index contributed by atoms with van der Waals surface area (Å²) in [5.41, 5.74) is 0. The molecule has 1 aliphatic rings. The van der Waals surface area contributed by atoms with Gasteiger partial charge in [0.15, 0.2) is 0 Å². The quantitative estimate of drug-likeness (QED) is 0.565. The second-order valence-corrected chi connectivity index (χ2v) is 1.72. The van der Waals surface area contributed by atoms with Gasteiger partial charge in [0.1, 0.15) is 0 Å². The van der Waals surface area contributed by atoms with E-state index in [9.17, 15) is 18.3 Å². The lowest BCUT2D eigenvalue weighted by atomic mass is 9.97. The second kappa shape index (κ2) is 2.98. The zero-order chi connectivity index (χ0) is 15.7. The van der Waals surface area contributed by atoms with Crippen LogP contribution in [0.15, 0.2) is 0 Å². The summed E-state index contributed by atoms with van der Waals surface area (Å²) >= 11 is 0. The summed E-state index contributed by atoms with van der Waals surface area (Å²) < 4.78 is 95.6. The van der Waals surface area contributed by atoms with Gasteiger partial charge in [-0.25, -0.2) is 0 Å². The summed E-state index contributed by atoms with van der Waals surface area (Å²) in [6, 6.07) is 0. The van der Waals surface area contributed by atoms with Crippen LogP contribution < -0.4 is 5.32 Å². The third kappa shape index (κ3) is 2.34. The highest BCUT2D eigenvalue weighted by Gasteiger charge is 2.41. The zero-order valence-electron chi connectivity index (χ0n) is 13.1. The van der Waals surface area contributed by atoms with Crippen molar-refractivity contribution in [3.05, 3.63) is 0 Å². The van der Waals surface area contributed by atoms with Gasteiger partial charge in [0.05, 0.1) is 13.3 Å². The van der Waals surface area contributed by atoms with Gasteiger partial charge in [0.25, 0.3) is 0 Å². The summed E-state index contributed by atoms with van der Waals surface area (Å²) in [6.45, 7) is -7.43. The molecule has 0 saturated carbocycles. The van der Waals surface area contributed by atoms with Crippen molar-refractivity contribution in [2.75, 3.05) is 13.0 Å². The van der Waals surface area contributed by atoms with E-state index in [2.05, 4.69) is 0 Å². The molecular formula is C6H10F3NO. The van der Waals surface area contributed by atoms with Crippen molar-refractivity contribution in [1.29, 1.82) is 0 Å². The van der Waals surface area contributed by atoms with Crippen molar-refractivity contribution in [3.8, 4) is 0 Å². The van der Waals surface area contributed by atoms with Gasteiger partial charge in [-0.3, -0.25) is 0 Å². The molecule has 2 unspecified atom stereocenters. The van der Waals surface area contributed by atoms with Gasteiger partial charge in [-0.1, -0.05) is 0 Å². The Morgan fingerprint density at radius 2 is 2.18 bits per heavy atom. The Kier molecular flexibility index (Phi) is 0.783. The molecule has 1 fully saturated rings. The van der Waals surface area contributed by atoms with Crippen LogP contribution in [0.1, 0.15) is 17.3 Å². The minimum Gasteiger partial charge on any atom is -0.392 e. The van der Waals surface area contributed by atoms with Crippen LogP contribution in [0.2, 0.25) is 0 Å². The molecule has 1 saturated heterocycles. The second-order valence-electron chi connectivity index (χ2n) is 1.72. The number of hydrogen-bond donors (Lipinski definition) is 2. The molecule has 0 aromatic rings. The molecule has 1 heterocycles. The zero-order valence-corrected chi connectivity index (χ0v) is 5.08. The van der Waals surface area contributed by atoms with Crippen molar-refractivity contribution in [3.63, 3.8) is 0 Å². The molecule has 2 N–H and O–H groups in total. The SMILES string of the molecule is [2H]C1([2H])NC([2H])([2H])C([2H])(C(F)(F)F)C([2H])([2H])C1([2H])O. The molecule has 0 amide bonds. The lowest BCUT2D eigenvalue weighted by molar-refractivity contribution is -0.185. The van der Waals surface area contributed by atoms with Crippen LogP contribution >= 0.6 is 0 Å². The molecule has 0 aliphatic carbocycles.